The van der Waals surface area contributed by atoms with Crippen molar-refractivity contribution in [2.24, 2.45) is 0 Å². The number of piperidine rings is 1. The summed E-state index contributed by atoms with van der Waals surface area (Å²) in [4.78, 5) is 33.2. The van der Waals surface area contributed by atoms with Crippen molar-refractivity contribution < 1.29 is 4.79 Å². The van der Waals surface area contributed by atoms with E-state index in [1.165, 1.54) is 5.56 Å². The summed E-state index contributed by atoms with van der Waals surface area (Å²) in [6.07, 6.45) is 4.65. The van der Waals surface area contributed by atoms with E-state index in [0.29, 0.717) is 18.8 Å². The highest BCUT2D eigenvalue weighted by Crippen LogP contribution is 2.25. The number of hydrogen-bond donors (Lipinski definition) is 1. The predicted octanol–water partition coefficient (Wildman–Crippen LogP) is 3.03. The third kappa shape index (κ3) is 3.28. The summed E-state index contributed by atoms with van der Waals surface area (Å²) >= 11 is 0. The first-order valence-corrected chi connectivity index (χ1v) is 10.7. The lowest BCUT2D eigenvalue weighted by molar-refractivity contribution is 0.0665. The fraction of sp³-hybridized carbons (Fsp3) is 0.435. The SMILES string of the molecule is Cc1cc(C)c2cc(C(=O)N3CCCC(n4ncc(N5CCC5)cc4=O)C3)[nH]c2c1. The number of H-pyrrole nitrogens is 1. The lowest BCUT2D eigenvalue weighted by Gasteiger charge is -2.34. The van der Waals surface area contributed by atoms with Crippen molar-refractivity contribution >= 4 is 22.5 Å². The minimum absolute atomic E-state index is 0.0156. The van der Waals surface area contributed by atoms with Crippen LogP contribution in [0.5, 0.6) is 0 Å². The van der Waals surface area contributed by atoms with Crippen LogP contribution in [-0.4, -0.2) is 51.8 Å². The highest BCUT2D eigenvalue weighted by atomic mass is 16.2. The van der Waals surface area contributed by atoms with Crippen molar-refractivity contribution in [2.75, 3.05) is 31.1 Å². The molecule has 2 saturated heterocycles. The fourth-order valence-electron chi connectivity index (χ4n) is 4.65. The van der Waals surface area contributed by atoms with E-state index >= 15 is 0 Å². The van der Waals surface area contributed by atoms with E-state index < -0.39 is 0 Å². The summed E-state index contributed by atoms with van der Waals surface area (Å²) in [6, 6.07) is 7.73. The van der Waals surface area contributed by atoms with Crippen molar-refractivity contribution in [3.63, 3.8) is 0 Å². The zero-order valence-electron chi connectivity index (χ0n) is 17.5. The molecule has 0 bridgehead atoms. The van der Waals surface area contributed by atoms with Gasteiger partial charge < -0.3 is 14.8 Å². The molecule has 1 amide bonds. The number of rotatable bonds is 3. The molecule has 1 atom stereocenters. The average Bonchev–Trinajstić information content (AvgIpc) is 3.11. The van der Waals surface area contributed by atoms with Crippen molar-refractivity contribution in [3.8, 4) is 0 Å². The summed E-state index contributed by atoms with van der Waals surface area (Å²) in [6.45, 7) is 7.30. The van der Waals surface area contributed by atoms with Crippen LogP contribution < -0.4 is 10.5 Å². The number of anilines is 1. The lowest BCUT2D eigenvalue weighted by atomic mass is 10.1. The van der Waals surface area contributed by atoms with Gasteiger partial charge in [-0.3, -0.25) is 9.59 Å². The first-order chi connectivity index (χ1) is 14.5. The third-order valence-electron chi connectivity index (χ3n) is 6.38. The minimum atomic E-state index is -0.0889. The molecule has 0 saturated carbocycles. The van der Waals surface area contributed by atoms with Gasteiger partial charge in [-0.15, -0.1) is 0 Å². The van der Waals surface area contributed by atoms with Crippen LogP contribution in [0.25, 0.3) is 10.9 Å². The molecule has 156 valence electrons. The maximum Gasteiger partial charge on any atom is 0.270 e. The Morgan fingerprint density at radius 1 is 1.10 bits per heavy atom. The van der Waals surface area contributed by atoms with Gasteiger partial charge in [0.2, 0.25) is 0 Å². The standard InChI is InChI=1S/C23H27N5O2/c1-15-9-16(2)19-12-21(25-20(19)10-15)23(30)27-6-3-5-17(14-27)28-22(29)11-18(13-24-28)26-7-4-8-26/h9-13,17,25H,3-8,14H2,1-2H3. The molecule has 5 rings (SSSR count). The largest absolute Gasteiger partial charge is 0.370 e. The number of nitrogens with one attached hydrogen (secondary N) is 1. The molecule has 1 aromatic carbocycles. The monoisotopic (exact) mass is 405 g/mol. The Morgan fingerprint density at radius 3 is 2.67 bits per heavy atom. The van der Waals surface area contributed by atoms with Crippen molar-refractivity contribution in [1.29, 1.82) is 0 Å². The molecular weight excluding hydrogens is 378 g/mol. The number of aromatic nitrogens is 3. The molecule has 2 fully saturated rings. The highest BCUT2D eigenvalue weighted by molar-refractivity contribution is 5.99. The zero-order valence-corrected chi connectivity index (χ0v) is 17.5. The molecule has 30 heavy (non-hydrogen) atoms. The van der Waals surface area contributed by atoms with Gasteiger partial charge in [0, 0.05) is 43.1 Å². The fourth-order valence-corrected chi connectivity index (χ4v) is 4.65. The first kappa shape index (κ1) is 18.9. The van der Waals surface area contributed by atoms with E-state index in [4.69, 9.17) is 0 Å². The Kier molecular flexibility index (Phi) is 4.60. The molecule has 0 aliphatic carbocycles. The number of nitrogens with zero attached hydrogens (tertiary/aromatic N) is 4. The highest BCUT2D eigenvalue weighted by Gasteiger charge is 2.28. The number of carbonyl (C=O) groups excluding carboxylic acids is 1. The van der Waals surface area contributed by atoms with Crippen LogP contribution in [0.2, 0.25) is 0 Å². The number of fused-ring (bicyclic) bond motifs is 1. The van der Waals surface area contributed by atoms with E-state index in [0.717, 1.165) is 54.5 Å². The van der Waals surface area contributed by atoms with E-state index in [-0.39, 0.29) is 17.5 Å². The molecule has 2 aliphatic heterocycles. The van der Waals surface area contributed by atoms with Gasteiger partial charge in [-0.2, -0.15) is 5.10 Å². The van der Waals surface area contributed by atoms with E-state index in [9.17, 15) is 9.59 Å². The third-order valence-corrected chi connectivity index (χ3v) is 6.38. The Morgan fingerprint density at radius 2 is 1.93 bits per heavy atom. The van der Waals surface area contributed by atoms with Crippen molar-refractivity contribution in [2.45, 2.75) is 39.2 Å². The molecule has 1 unspecified atom stereocenters. The molecule has 0 spiro atoms. The molecule has 7 heteroatoms. The smallest absolute Gasteiger partial charge is 0.270 e. The molecular formula is C23H27N5O2. The Balaban J connectivity index is 1.37. The van der Waals surface area contributed by atoms with Gasteiger partial charge in [0.05, 0.1) is 17.9 Å². The summed E-state index contributed by atoms with van der Waals surface area (Å²) < 4.78 is 1.56. The van der Waals surface area contributed by atoms with Crippen LogP contribution >= 0.6 is 0 Å². The topological polar surface area (TPSA) is 74.2 Å². The summed E-state index contributed by atoms with van der Waals surface area (Å²) in [5.74, 6) is -0.0156. The molecule has 4 heterocycles. The van der Waals surface area contributed by atoms with Gasteiger partial charge in [0.1, 0.15) is 5.69 Å². The average molecular weight is 406 g/mol. The van der Waals surface area contributed by atoms with Gasteiger partial charge >= 0.3 is 0 Å². The van der Waals surface area contributed by atoms with Crippen LogP contribution in [0.1, 0.15) is 46.9 Å². The molecule has 1 N–H and O–H groups in total. The zero-order chi connectivity index (χ0) is 20.8. The van der Waals surface area contributed by atoms with Crippen molar-refractivity contribution in [3.05, 3.63) is 57.6 Å². The summed E-state index contributed by atoms with van der Waals surface area (Å²) in [5.41, 5.74) is 4.74. The quantitative estimate of drug-likeness (QED) is 0.727. The number of carbonyl (C=O) groups is 1. The minimum Gasteiger partial charge on any atom is -0.370 e. The van der Waals surface area contributed by atoms with Gasteiger partial charge in [0.15, 0.2) is 0 Å². The molecule has 0 radical (unpaired) electrons. The Labute approximate surface area is 175 Å². The predicted molar refractivity (Wildman–Crippen MR) is 117 cm³/mol. The summed E-state index contributed by atoms with van der Waals surface area (Å²) in [7, 11) is 0. The van der Waals surface area contributed by atoms with E-state index in [1.807, 2.05) is 11.0 Å². The van der Waals surface area contributed by atoms with E-state index in [2.05, 4.69) is 41.0 Å². The number of amides is 1. The maximum absolute atomic E-state index is 13.2. The number of hydrogen-bond acceptors (Lipinski definition) is 4. The molecule has 2 aliphatic rings. The van der Waals surface area contributed by atoms with Gasteiger partial charge in [-0.1, -0.05) is 6.07 Å². The molecule has 3 aromatic rings. The van der Waals surface area contributed by atoms with Crippen LogP contribution in [0.3, 0.4) is 0 Å². The summed E-state index contributed by atoms with van der Waals surface area (Å²) in [5, 5.41) is 5.52. The van der Waals surface area contributed by atoms with Crippen molar-refractivity contribution in [1.82, 2.24) is 19.7 Å². The van der Waals surface area contributed by atoms with E-state index in [1.54, 1.807) is 16.9 Å². The normalized spacial score (nSPS) is 19.2. The Hall–Kier alpha value is -3.09. The van der Waals surface area contributed by atoms with Crippen LogP contribution in [0.4, 0.5) is 5.69 Å². The number of benzene rings is 1. The maximum atomic E-state index is 13.2. The molecule has 7 nitrogen and oxygen atoms in total. The second-order valence-electron chi connectivity index (χ2n) is 8.61. The number of aromatic amines is 1. The second kappa shape index (κ2) is 7.31. The van der Waals surface area contributed by atoms with Gasteiger partial charge in [0.25, 0.3) is 11.5 Å². The second-order valence-corrected chi connectivity index (χ2v) is 8.61. The molecule has 2 aromatic heterocycles. The van der Waals surface area contributed by atoms with Gasteiger partial charge in [-0.05, 0) is 56.4 Å². The van der Waals surface area contributed by atoms with Gasteiger partial charge in [-0.25, -0.2) is 4.68 Å². The lowest BCUT2D eigenvalue weighted by Crippen LogP contribution is -2.44. The van der Waals surface area contributed by atoms with Crippen LogP contribution in [-0.2, 0) is 0 Å². The number of likely N-dealkylation sites (tertiary alicyclic amines) is 1. The number of aryl methyl sites for hydroxylation is 2. The van der Waals surface area contributed by atoms with Crippen LogP contribution in [0, 0.1) is 13.8 Å². The Bertz CT molecular complexity index is 1170. The first-order valence-electron chi connectivity index (χ1n) is 10.7. The van der Waals surface area contributed by atoms with Crippen LogP contribution in [0.15, 0.2) is 35.3 Å².